The van der Waals surface area contributed by atoms with E-state index in [2.05, 4.69) is 5.32 Å². The number of nitrogens with one attached hydrogen (secondary N) is 1. The first kappa shape index (κ1) is 19.8. The zero-order valence-corrected chi connectivity index (χ0v) is 15.9. The summed E-state index contributed by atoms with van der Waals surface area (Å²) in [5.74, 6) is -0.284. The van der Waals surface area contributed by atoms with Gasteiger partial charge in [0.25, 0.3) is 5.56 Å². The van der Waals surface area contributed by atoms with Crippen molar-refractivity contribution in [2.75, 3.05) is 13.1 Å². The van der Waals surface area contributed by atoms with E-state index in [1.165, 1.54) is 0 Å². The number of nitrogens with zero attached hydrogens (tertiary/aromatic N) is 1. The number of halogens is 1. The molecule has 0 saturated heterocycles. The molecule has 6 nitrogen and oxygen atoms in total. The number of hydrogen-bond donors (Lipinski definition) is 2. The minimum absolute atomic E-state index is 0. The van der Waals surface area contributed by atoms with Gasteiger partial charge in [0, 0.05) is 35.0 Å². The highest BCUT2D eigenvalue weighted by Crippen LogP contribution is 2.39. The lowest BCUT2D eigenvalue weighted by atomic mass is 10.0. The molecule has 1 aliphatic rings. The summed E-state index contributed by atoms with van der Waals surface area (Å²) in [6, 6.07) is 14.6. The Kier molecular flexibility index (Phi) is 5.63. The van der Waals surface area contributed by atoms with Crippen LogP contribution in [0.25, 0.3) is 22.0 Å². The number of ketones is 1. The summed E-state index contributed by atoms with van der Waals surface area (Å²) in [5, 5.41) is 3.93. The number of pyridine rings is 1. The molecule has 0 aliphatic heterocycles. The predicted octanol–water partition coefficient (Wildman–Crippen LogP) is 2.10. The molecule has 0 saturated carbocycles. The smallest absolute Gasteiger partial charge is 0.258 e. The molecule has 0 fully saturated rings. The van der Waals surface area contributed by atoms with Gasteiger partial charge in [-0.15, -0.1) is 12.4 Å². The molecule has 0 radical (unpaired) electrons. The van der Waals surface area contributed by atoms with Gasteiger partial charge in [-0.1, -0.05) is 42.5 Å². The number of rotatable bonds is 5. The van der Waals surface area contributed by atoms with Gasteiger partial charge in [0.1, 0.15) is 0 Å². The fourth-order valence-corrected chi connectivity index (χ4v) is 3.68. The molecule has 1 aromatic heterocycles. The van der Waals surface area contributed by atoms with E-state index < -0.39 is 0 Å². The number of aromatic nitrogens is 1. The molecule has 3 aromatic rings. The van der Waals surface area contributed by atoms with Crippen LogP contribution in [0.5, 0.6) is 0 Å². The Hall–Kier alpha value is -2.96. The van der Waals surface area contributed by atoms with Crippen molar-refractivity contribution < 1.29 is 9.59 Å². The van der Waals surface area contributed by atoms with Crippen molar-refractivity contribution in [1.29, 1.82) is 0 Å². The van der Waals surface area contributed by atoms with Crippen molar-refractivity contribution in [2.45, 2.75) is 13.0 Å². The minimum Gasteiger partial charge on any atom is -0.355 e. The zero-order chi connectivity index (χ0) is 19.0. The molecule has 0 bridgehead atoms. The highest BCUT2D eigenvalue weighted by atomic mass is 35.5. The molecule has 1 aliphatic carbocycles. The van der Waals surface area contributed by atoms with E-state index in [9.17, 15) is 14.4 Å². The Balaban J connectivity index is 0.00000225. The van der Waals surface area contributed by atoms with Crippen molar-refractivity contribution in [3.8, 4) is 11.3 Å². The second-order valence-corrected chi connectivity index (χ2v) is 6.51. The fraction of sp³-hybridized carbons (Fsp3) is 0.190. The number of fused-ring (bicyclic) bond motifs is 5. The number of nitrogens with two attached hydrogens (primary N) is 1. The number of carbonyl (C=O) groups excluding carboxylic acids is 2. The molecule has 0 atom stereocenters. The van der Waals surface area contributed by atoms with Gasteiger partial charge in [-0.3, -0.25) is 14.4 Å². The predicted molar refractivity (Wildman–Crippen MR) is 111 cm³/mol. The van der Waals surface area contributed by atoms with Crippen molar-refractivity contribution in [3.63, 3.8) is 0 Å². The molecule has 2 aromatic carbocycles. The van der Waals surface area contributed by atoms with Gasteiger partial charge in [-0.05, 0) is 12.5 Å². The van der Waals surface area contributed by atoms with Crippen molar-refractivity contribution in [2.24, 2.45) is 5.73 Å². The van der Waals surface area contributed by atoms with Crippen molar-refractivity contribution in [1.82, 2.24) is 9.88 Å². The lowest BCUT2D eigenvalue weighted by Gasteiger charge is -2.15. The van der Waals surface area contributed by atoms with Crippen LogP contribution in [0.4, 0.5) is 0 Å². The van der Waals surface area contributed by atoms with Crippen LogP contribution in [0.1, 0.15) is 22.3 Å². The topological polar surface area (TPSA) is 94.2 Å². The SMILES string of the molecule is Cl.NCC(=O)NCCCn1c2c(c3ccccc3c1=O)C(=O)c1ccccc1-2. The third-order valence-electron chi connectivity index (χ3n) is 4.90. The second-order valence-electron chi connectivity index (χ2n) is 6.51. The molecule has 1 amide bonds. The molecule has 3 N–H and O–H groups in total. The maximum absolute atomic E-state index is 13.1. The van der Waals surface area contributed by atoms with Gasteiger partial charge < -0.3 is 15.6 Å². The van der Waals surface area contributed by atoms with Crippen LogP contribution in [0, 0.1) is 0 Å². The van der Waals surface area contributed by atoms with E-state index in [0.29, 0.717) is 47.1 Å². The van der Waals surface area contributed by atoms with Gasteiger partial charge in [0.15, 0.2) is 5.78 Å². The van der Waals surface area contributed by atoms with Crippen LogP contribution < -0.4 is 16.6 Å². The van der Waals surface area contributed by atoms with Crippen LogP contribution in [-0.4, -0.2) is 29.3 Å². The third-order valence-corrected chi connectivity index (χ3v) is 4.90. The molecule has 4 rings (SSSR count). The monoisotopic (exact) mass is 397 g/mol. The minimum atomic E-state index is -0.230. The van der Waals surface area contributed by atoms with Gasteiger partial charge >= 0.3 is 0 Å². The summed E-state index contributed by atoms with van der Waals surface area (Å²) in [6.07, 6.45) is 0.562. The van der Waals surface area contributed by atoms with Crippen molar-refractivity contribution >= 4 is 34.9 Å². The summed E-state index contributed by atoms with van der Waals surface area (Å²) in [4.78, 5) is 37.5. The third kappa shape index (κ3) is 3.10. The summed E-state index contributed by atoms with van der Waals surface area (Å²) in [6.45, 7) is 0.755. The molecule has 7 heteroatoms. The molecule has 144 valence electrons. The van der Waals surface area contributed by atoms with Gasteiger partial charge in [-0.25, -0.2) is 0 Å². The molecular formula is C21H20ClN3O3. The largest absolute Gasteiger partial charge is 0.355 e. The van der Waals surface area contributed by atoms with E-state index in [-0.39, 0.29) is 36.2 Å². The van der Waals surface area contributed by atoms with Gasteiger partial charge in [0.05, 0.1) is 17.8 Å². The van der Waals surface area contributed by atoms with Crippen molar-refractivity contribution in [3.05, 3.63) is 70.0 Å². The van der Waals surface area contributed by atoms with Crippen LogP contribution >= 0.6 is 12.4 Å². The Morgan fingerprint density at radius 2 is 1.61 bits per heavy atom. The quantitative estimate of drug-likeness (QED) is 0.504. The average Bonchev–Trinajstić information content (AvgIpc) is 3.00. The fourth-order valence-electron chi connectivity index (χ4n) is 3.68. The normalized spacial score (nSPS) is 11.7. The number of benzene rings is 2. The van der Waals surface area contributed by atoms with E-state index in [4.69, 9.17) is 5.73 Å². The first-order valence-corrected chi connectivity index (χ1v) is 8.90. The van der Waals surface area contributed by atoms with E-state index >= 15 is 0 Å². The molecule has 0 spiro atoms. The van der Waals surface area contributed by atoms with E-state index in [1.807, 2.05) is 30.3 Å². The summed E-state index contributed by atoms with van der Waals surface area (Å²) in [5.41, 5.74) is 7.82. The molecular weight excluding hydrogens is 378 g/mol. The van der Waals surface area contributed by atoms with Crippen LogP contribution in [-0.2, 0) is 11.3 Å². The maximum Gasteiger partial charge on any atom is 0.258 e. The molecule has 0 unspecified atom stereocenters. The summed E-state index contributed by atoms with van der Waals surface area (Å²) < 4.78 is 1.66. The standard InChI is InChI=1S/C21H19N3O3.ClH/c22-12-17(25)23-10-5-11-24-19-14-7-2-3-8-15(14)20(26)18(19)13-6-1-4-9-16(13)21(24)27;/h1-4,6-9H,5,10-12,22H2,(H,23,25);1H. The average molecular weight is 398 g/mol. The summed E-state index contributed by atoms with van der Waals surface area (Å²) >= 11 is 0. The Morgan fingerprint density at radius 3 is 2.32 bits per heavy atom. The second kappa shape index (κ2) is 7.96. The molecule has 28 heavy (non-hydrogen) atoms. The van der Waals surface area contributed by atoms with Crippen LogP contribution in [0.3, 0.4) is 0 Å². The van der Waals surface area contributed by atoms with E-state index in [0.717, 1.165) is 5.56 Å². The number of hydrogen-bond acceptors (Lipinski definition) is 4. The van der Waals surface area contributed by atoms with E-state index in [1.54, 1.807) is 22.8 Å². The first-order valence-electron chi connectivity index (χ1n) is 8.90. The van der Waals surface area contributed by atoms with Gasteiger partial charge in [-0.2, -0.15) is 0 Å². The highest BCUT2D eigenvalue weighted by molar-refractivity contribution is 6.26. The highest BCUT2D eigenvalue weighted by Gasteiger charge is 2.32. The first-order chi connectivity index (χ1) is 13.1. The Bertz CT molecular complexity index is 1140. The summed E-state index contributed by atoms with van der Waals surface area (Å²) in [7, 11) is 0. The lowest BCUT2D eigenvalue weighted by Crippen LogP contribution is -2.32. The molecule has 1 heterocycles. The van der Waals surface area contributed by atoms with Crippen LogP contribution in [0.15, 0.2) is 53.3 Å². The van der Waals surface area contributed by atoms with Gasteiger partial charge in [0.2, 0.25) is 5.91 Å². The Morgan fingerprint density at radius 1 is 0.964 bits per heavy atom. The number of carbonyl (C=O) groups is 2. The zero-order valence-electron chi connectivity index (χ0n) is 15.1. The van der Waals surface area contributed by atoms with Crippen LogP contribution in [0.2, 0.25) is 0 Å². The lowest BCUT2D eigenvalue weighted by molar-refractivity contribution is -0.119. The Labute approximate surface area is 167 Å². The maximum atomic E-state index is 13.1. The number of amides is 1.